The Kier molecular flexibility index (Phi) is 5.34. The van der Waals surface area contributed by atoms with E-state index in [0.29, 0.717) is 11.1 Å². The fourth-order valence-electron chi connectivity index (χ4n) is 2.54. The molecule has 0 radical (unpaired) electrons. The first kappa shape index (κ1) is 17.7. The third kappa shape index (κ3) is 4.19. The van der Waals surface area contributed by atoms with Crippen LogP contribution in [0.25, 0.3) is 0 Å². The van der Waals surface area contributed by atoms with E-state index in [2.05, 4.69) is 5.32 Å². The number of amides is 1. The number of carbonyl (C=O) groups is 2. The second-order valence-corrected chi connectivity index (χ2v) is 6.28. The Hall–Kier alpha value is -2.69. The first-order valence-corrected chi connectivity index (χ1v) is 7.64. The highest BCUT2D eigenvalue weighted by molar-refractivity contribution is 5.91. The summed E-state index contributed by atoms with van der Waals surface area (Å²) in [6, 6.07) is 12.9. The molecule has 0 aliphatic carbocycles. The number of hydrogen-bond acceptors (Lipinski definition) is 2. The number of rotatable bonds is 6. The van der Waals surface area contributed by atoms with Crippen molar-refractivity contribution in [3.8, 4) is 0 Å². The van der Waals surface area contributed by atoms with E-state index in [1.807, 2.05) is 13.8 Å². The number of carbonyl (C=O) groups excluding carboxylic acids is 1. The predicted molar refractivity (Wildman–Crippen MR) is 89.5 cm³/mol. The summed E-state index contributed by atoms with van der Waals surface area (Å²) in [5.74, 6) is -1.67. The van der Waals surface area contributed by atoms with E-state index in [1.165, 1.54) is 12.1 Å². The van der Waals surface area contributed by atoms with Crippen LogP contribution in [0.5, 0.6) is 0 Å². The fraction of sp³-hybridized carbons (Fsp3) is 0.263. The maximum absolute atomic E-state index is 13.9. The molecule has 5 heteroatoms. The smallest absolute Gasteiger partial charge is 0.335 e. The van der Waals surface area contributed by atoms with Crippen molar-refractivity contribution in [2.45, 2.75) is 25.7 Å². The molecule has 4 nitrogen and oxygen atoms in total. The molecule has 0 saturated heterocycles. The van der Waals surface area contributed by atoms with E-state index in [0.717, 1.165) is 0 Å². The summed E-state index contributed by atoms with van der Waals surface area (Å²) < 4.78 is 13.9. The van der Waals surface area contributed by atoms with Gasteiger partial charge in [0.25, 0.3) is 0 Å². The average molecular weight is 329 g/mol. The zero-order valence-electron chi connectivity index (χ0n) is 13.7. The molecule has 24 heavy (non-hydrogen) atoms. The van der Waals surface area contributed by atoms with Crippen LogP contribution in [0.1, 0.15) is 35.3 Å². The predicted octanol–water partition coefficient (Wildman–Crippen LogP) is 3.16. The van der Waals surface area contributed by atoms with Crippen LogP contribution >= 0.6 is 0 Å². The summed E-state index contributed by atoms with van der Waals surface area (Å²) in [5, 5.41) is 11.9. The minimum atomic E-state index is -1.06. The Morgan fingerprint density at radius 3 is 2.38 bits per heavy atom. The Morgan fingerprint density at radius 1 is 1.08 bits per heavy atom. The van der Waals surface area contributed by atoms with E-state index in [1.54, 1.807) is 36.4 Å². The highest BCUT2D eigenvalue weighted by atomic mass is 19.1. The maximum atomic E-state index is 13.9. The molecule has 0 unspecified atom stereocenters. The highest BCUT2D eigenvalue weighted by Crippen LogP contribution is 2.24. The minimum Gasteiger partial charge on any atom is -0.478 e. The van der Waals surface area contributed by atoms with Crippen molar-refractivity contribution in [2.24, 2.45) is 0 Å². The summed E-state index contributed by atoms with van der Waals surface area (Å²) >= 11 is 0. The third-order valence-electron chi connectivity index (χ3n) is 3.93. The molecule has 2 rings (SSSR count). The van der Waals surface area contributed by atoms with Gasteiger partial charge < -0.3 is 10.4 Å². The van der Waals surface area contributed by atoms with Crippen LogP contribution in [-0.4, -0.2) is 23.5 Å². The van der Waals surface area contributed by atoms with Crippen molar-refractivity contribution in [1.29, 1.82) is 0 Å². The number of halogens is 1. The topological polar surface area (TPSA) is 66.4 Å². The normalized spacial score (nSPS) is 11.1. The van der Waals surface area contributed by atoms with Gasteiger partial charge in [0.05, 0.1) is 12.0 Å². The quantitative estimate of drug-likeness (QED) is 0.855. The second kappa shape index (κ2) is 7.25. The van der Waals surface area contributed by atoms with Crippen LogP contribution in [0, 0.1) is 5.82 Å². The molecule has 0 aliphatic heterocycles. The number of aromatic carboxylic acids is 1. The van der Waals surface area contributed by atoms with Gasteiger partial charge in [-0.2, -0.15) is 0 Å². The number of hydrogen-bond donors (Lipinski definition) is 2. The van der Waals surface area contributed by atoms with Gasteiger partial charge in [0.1, 0.15) is 5.82 Å². The van der Waals surface area contributed by atoms with E-state index in [4.69, 9.17) is 5.11 Å². The van der Waals surface area contributed by atoms with E-state index < -0.39 is 11.4 Å². The third-order valence-corrected chi connectivity index (χ3v) is 3.93. The van der Waals surface area contributed by atoms with Crippen molar-refractivity contribution in [3.05, 3.63) is 71.0 Å². The average Bonchev–Trinajstić information content (AvgIpc) is 2.53. The maximum Gasteiger partial charge on any atom is 0.335 e. The summed E-state index contributed by atoms with van der Waals surface area (Å²) in [5.41, 5.74) is 0.510. The molecule has 0 heterocycles. The molecule has 2 aromatic rings. The molecule has 126 valence electrons. The summed E-state index contributed by atoms with van der Waals surface area (Å²) in [7, 11) is 0. The molecule has 0 aliphatic rings. The fourth-order valence-corrected chi connectivity index (χ4v) is 2.54. The van der Waals surface area contributed by atoms with Crippen molar-refractivity contribution >= 4 is 11.9 Å². The molecular weight excluding hydrogens is 309 g/mol. The van der Waals surface area contributed by atoms with Crippen LogP contribution < -0.4 is 5.32 Å². The standard InChI is InChI=1S/C19H20FNO3/c1-19(2,15-9-5-6-10-16(15)20)12-21-17(22)11-13-7-3-4-8-14(13)18(23)24/h3-10H,11-12H2,1-2H3,(H,21,22)(H,23,24). The van der Waals surface area contributed by atoms with Crippen LogP contribution in [0.3, 0.4) is 0 Å². The van der Waals surface area contributed by atoms with Crippen molar-refractivity contribution in [1.82, 2.24) is 5.32 Å². The summed E-state index contributed by atoms with van der Waals surface area (Å²) in [6.45, 7) is 3.94. The van der Waals surface area contributed by atoms with Crippen LogP contribution in [0.15, 0.2) is 48.5 Å². The van der Waals surface area contributed by atoms with Crippen LogP contribution in [0.2, 0.25) is 0 Å². The van der Waals surface area contributed by atoms with Crippen LogP contribution in [0.4, 0.5) is 4.39 Å². The summed E-state index contributed by atoms with van der Waals surface area (Å²) in [4.78, 5) is 23.3. The van der Waals surface area contributed by atoms with Gasteiger partial charge in [0.2, 0.25) is 5.91 Å². The number of nitrogens with one attached hydrogen (secondary N) is 1. The number of carboxylic acid groups (broad SMARTS) is 1. The van der Waals surface area contributed by atoms with Gasteiger partial charge in [-0.3, -0.25) is 4.79 Å². The van der Waals surface area contributed by atoms with Crippen molar-refractivity contribution < 1.29 is 19.1 Å². The van der Waals surface area contributed by atoms with Gasteiger partial charge in [-0.1, -0.05) is 50.2 Å². The van der Waals surface area contributed by atoms with Gasteiger partial charge in [0.15, 0.2) is 0 Å². The number of carboxylic acids is 1. The molecule has 0 spiro atoms. The second-order valence-electron chi connectivity index (χ2n) is 6.28. The first-order valence-electron chi connectivity index (χ1n) is 7.64. The summed E-state index contributed by atoms with van der Waals surface area (Å²) in [6.07, 6.45) is -0.0319. The molecule has 0 saturated carbocycles. The van der Waals surface area contributed by atoms with Gasteiger partial charge in [-0.15, -0.1) is 0 Å². The lowest BCUT2D eigenvalue weighted by atomic mass is 9.84. The molecule has 1 amide bonds. The van der Waals surface area contributed by atoms with Crippen molar-refractivity contribution in [3.63, 3.8) is 0 Å². The highest BCUT2D eigenvalue weighted by Gasteiger charge is 2.24. The van der Waals surface area contributed by atoms with E-state index >= 15 is 0 Å². The molecule has 2 aromatic carbocycles. The molecule has 0 bridgehead atoms. The van der Waals surface area contributed by atoms with E-state index in [-0.39, 0.29) is 30.3 Å². The Labute approximate surface area is 140 Å². The van der Waals surface area contributed by atoms with Gasteiger partial charge in [0, 0.05) is 12.0 Å². The molecule has 2 N–H and O–H groups in total. The molecule has 0 aromatic heterocycles. The van der Waals surface area contributed by atoms with Gasteiger partial charge >= 0.3 is 5.97 Å². The zero-order chi connectivity index (χ0) is 17.7. The molecule has 0 atom stereocenters. The van der Waals surface area contributed by atoms with Crippen molar-refractivity contribution in [2.75, 3.05) is 6.54 Å². The monoisotopic (exact) mass is 329 g/mol. The number of benzene rings is 2. The Morgan fingerprint density at radius 2 is 1.71 bits per heavy atom. The lowest BCUT2D eigenvalue weighted by Gasteiger charge is -2.26. The largest absolute Gasteiger partial charge is 0.478 e. The molecule has 0 fully saturated rings. The lowest BCUT2D eigenvalue weighted by molar-refractivity contribution is -0.120. The van der Waals surface area contributed by atoms with Gasteiger partial charge in [-0.25, -0.2) is 9.18 Å². The van der Waals surface area contributed by atoms with Crippen LogP contribution in [-0.2, 0) is 16.6 Å². The zero-order valence-corrected chi connectivity index (χ0v) is 13.7. The van der Waals surface area contributed by atoms with E-state index in [9.17, 15) is 14.0 Å². The SMILES string of the molecule is CC(C)(CNC(=O)Cc1ccccc1C(=O)O)c1ccccc1F. The Balaban J connectivity index is 2.04. The molecular formula is C19H20FNO3. The first-order chi connectivity index (χ1) is 11.3. The Bertz CT molecular complexity index is 756. The minimum absolute atomic E-state index is 0.0319. The van der Waals surface area contributed by atoms with Gasteiger partial charge in [-0.05, 0) is 23.3 Å². The lowest BCUT2D eigenvalue weighted by Crippen LogP contribution is -2.38.